The number of rotatable bonds is 6. The molecule has 1 fully saturated rings. The van der Waals surface area contributed by atoms with E-state index in [9.17, 15) is 24.5 Å². The molecule has 3 aromatic rings. The number of carbonyl (C=O) groups excluding carboxylic acids is 1. The Morgan fingerprint density at radius 3 is 2.61 bits per heavy atom. The molecular formula is C25H25BrF2N4O4. The van der Waals surface area contributed by atoms with Crippen LogP contribution < -0.4 is 11.1 Å². The summed E-state index contributed by atoms with van der Waals surface area (Å²) in [4.78, 5) is 21.5. The third-order valence-corrected chi connectivity index (χ3v) is 6.74. The Balaban J connectivity index is 1.56. The zero-order chi connectivity index (χ0) is 26.0. The van der Waals surface area contributed by atoms with Crippen LogP contribution >= 0.6 is 15.9 Å². The van der Waals surface area contributed by atoms with Crippen LogP contribution in [0.3, 0.4) is 0 Å². The van der Waals surface area contributed by atoms with Crippen molar-refractivity contribution in [3.63, 3.8) is 0 Å². The maximum absolute atomic E-state index is 15.0. The number of nitrogens with one attached hydrogen (secondary N) is 1. The van der Waals surface area contributed by atoms with Crippen LogP contribution in [0.4, 0.5) is 14.6 Å². The van der Waals surface area contributed by atoms with E-state index in [4.69, 9.17) is 5.73 Å². The minimum absolute atomic E-state index is 0.0729. The topological polar surface area (TPSA) is 142 Å². The van der Waals surface area contributed by atoms with Gasteiger partial charge in [0.15, 0.2) is 0 Å². The average molecular weight is 563 g/mol. The van der Waals surface area contributed by atoms with Crippen LogP contribution in [-0.4, -0.2) is 50.0 Å². The first-order valence-electron chi connectivity index (χ1n) is 11.3. The SMILES string of the molecule is Nc1ncc(C2CCC(O)C(O)C2)nc1-c1ccc(C(=O)NC(CO)c2cc(F)cc(Br)c2)c(F)c1. The highest BCUT2D eigenvalue weighted by atomic mass is 79.9. The molecule has 1 aromatic heterocycles. The van der Waals surface area contributed by atoms with Crippen molar-refractivity contribution in [3.8, 4) is 11.3 Å². The van der Waals surface area contributed by atoms with Crippen LogP contribution in [0.25, 0.3) is 11.3 Å². The summed E-state index contributed by atoms with van der Waals surface area (Å²) in [7, 11) is 0. The van der Waals surface area contributed by atoms with E-state index in [2.05, 4.69) is 31.2 Å². The first-order valence-corrected chi connectivity index (χ1v) is 12.1. The summed E-state index contributed by atoms with van der Waals surface area (Å²) in [6, 6.07) is 6.87. The van der Waals surface area contributed by atoms with Crippen molar-refractivity contribution in [2.24, 2.45) is 0 Å². The molecule has 4 rings (SSSR count). The molecule has 1 amide bonds. The Hall–Kier alpha value is -2.99. The summed E-state index contributed by atoms with van der Waals surface area (Å²) in [5.74, 6) is -2.25. The van der Waals surface area contributed by atoms with Crippen molar-refractivity contribution >= 4 is 27.7 Å². The smallest absolute Gasteiger partial charge is 0.254 e. The van der Waals surface area contributed by atoms with Crippen LogP contribution in [-0.2, 0) is 0 Å². The predicted molar refractivity (Wildman–Crippen MR) is 132 cm³/mol. The molecule has 1 heterocycles. The van der Waals surface area contributed by atoms with E-state index in [0.29, 0.717) is 40.6 Å². The largest absolute Gasteiger partial charge is 0.394 e. The lowest BCUT2D eigenvalue weighted by molar-refractivity contribution is -0.0153. The molecule has 4 unspecified atom stereocenters. The van der Waals surface area contributed by atoms with Crippen LogP contribution in [0.5, 0.6) is 0 Å². The predicted octanol–water partition coefficient (Wildman–Crippen LogP) is 3.22. The average Bonchev–Trinajstić information content (AvgIpc) is 2.83. The highest BCUT2D eigenvalue weighted by molar-refractivity contribution is 9.10. The summed E-state index contributed by atoms with van der Waals surface area (Å²) in [5, 5.41) is 32.0. The number of carbonyl (C=O) groups is 1. The summed E-state index contributed by atoms with van der Waals surface area (Å²) in [6.07, 6.45) is 1.22. The minimum Gasteiger partial charge on any atom is -0.394 e. The van der Waals surface area contributed by atoms with Gasteiger partial charge < -0.3 is 26.4 Å². The molecular weight excluding hydrogens is 538 g/mol. The van der Waals surface area contributed by atoms with Gasteiger partial charge in [-0.15, -0.1) is 0 Å². The molecule has 36 heavy (non-hydrogen) atoms. The fraction of sp³-hybridized carbons (Fsp3) is 0.320. The first-order chi connectivity index (χ1) is 17.2. The van der Waals surface area contributed by atoms with Crippen molar-refractivity contribution in [1.82, 2.24) is 15.3 Å². The zero-order valence-corrected chi connectivity index (χ0v) is 20.6. The van der Waals surface area contributed by atoms with Crippen molar-refractivity contribution < 1.29 is 28.9 Å². The van der Waals surface area contributed by atoms with E-state index in [1.54, 1.807) is 6.07 Å². The van der Waals surface area contributed by atoms with E-state index in [1.807, 2.05) is 0 Å². The normalized spacial score (nSPS) is 20.7. The van der Waals surface area contributed by atoms with Gasteiger partial charge in [0.05, 0.1) is 42.3 Å². The standard InChI is InChI=1S/C25H25BrF2N4O4/c26-15-5-14(6-16(27)9-15)20(11-33)32-25(36)17-3-1-13(7-18(17)28)23-24(29)30-10-19(31-23)12-2-4-21(34)22(35)8-12/h1,3,5-7,9-10,12,20-22,33-35H,2,4,8,11H2,(H2,29,30)(H,32,36). The number of hydrogen-bond acceptors (Lipinski definition) is 7. The second-order valence-corrected chi connectivity index (χ2v) is 9.70. The molecule has 6 N–H and O–H groups in total. The lowest BCUT2D eigenvalue weighted by atomic mass is 9.83. The molecule has 0 aliphatic heterocycles. The molecule has 2 aromatic carbocycles. The number of aromatic nitrogens is 2. The number of anilines is 1. The van der Waals surface area contributed by atoms with E-state index in [0.717, 1.165) is 6.07 Å². The maximum atomic E-state index is 15.0. The molecule has 1 aliphatic rings. The number of amides is 1. The van der Waals surface area contributed by atoms with Gasteiger partial charge in [-0.2, -0.15) is 0 Å². The summed E-state index contributed by atoms with van der Waals surface area (Å²) in [5.41, 5.74) is 7.14. The van der Waals surface area contributed by atoms with Gasteiger partial charge in [0.25, 0.3) is 5.91 Å². The summed E-state index contributed by atoms with van der Waals surface area (Å²) >= 11 is 3.17. The second kappa shape index (κ2) is 11.0. The lowest BCUT2D eigenvalue weighted by Gasteiger charge is -2.29. The minimum atomic E-state index is -0.953. The van der Waals surface area contributed by atoms with Crippen molar-refractivity contribution in [2.45, 2.75) is 43.4 Å². The van der Waals surface area contributed by atoms with Crippen LogP contribution in [0.2, 0.25) is 0 Å². The van der Waals surface area contributed by atoms with Gasteiger partial charge in [-0.3, -0.25) is 4.79 Å². The number of aliphatic hydroxyl groups is 3. The maximum Gasteiger partial charge on any atom is 0.254 e. The number of halogens is 3. The first kappa shape index (κ1) is 26.1. The third kappa shape index (κ3) is 5.70. The quantitative estimate of drug-likeness (QED) is 0.310. The molecule has 190 valence electrons. The Morgan fingerprint density at radius 2 is 1.94 bits per heavy atom. The Kier molecular flexibility index (Phi) is 7.94. The van der Waals surface area contributed by atoms with E-state index >= 15 is 4.39 Å². The Morgan fingerprint density at radius 1 is 1.17 bits per heavy atom. The number of benzene rings is 2. The summed E-state index contributed by atoms with van der Waals surface area (Å²) in [6.45, 7) is -0.521. The molecule has 0 saturated heterocycles. The fourth-order valence-electron chi connectivity index (χ4n) is 4.31. The van der Waals surface area contributed by atoms with Crippen molar-refractivity contribution in [2.75, 3.05) is 12.3 Å². The Bertz CT molecular complexity index is 1260. The van der Waals surface area contributed by atoms with Crippen LogP contribution in [0, 0.1) is 11.6 Å². The number of nitrogens with zero attached hydrogens (tertiary/aromatic N) is 2. The van der Waals surface area contributed by atoms with Gasteiger partial charge in [0, 0.05) is 16.0 Å². The van der Waals surface area contributed by atoms with E-state index in [-0.39, 0.29) is 23.0 Å². The molecule has 1 saturated carbocycles. The summed E-state index contributed by atoms with van der Waals surface area (Å²) < 4.78 is 29.2. The highest BCUT2D eigenvalue weighted by Gasteiger charge is 2.30. The van der Waals surface area contributed by atoms with Crippen LogP contribution in [0.1, 0.15) is 52.8 Å². The van der Waals surface area contributed by atoms with Crippen LogP contribution in [0.15, 0.2) is 47.1 Å². The van der Waals surface area contributed by atoms with Gasteiger partial charge in [-0.05, 0) is 55.2 Å². The fourth-order valence-corrected chi connectivity index (χ4v) is 4.80. The molecule has 0 radical (unpaired) electrons. The molecule has 8 nitrogen and oxygen atoms in total. The van der Waals surface area contributed by atoms with Gasteiger partial charge in [0.1, 0.15) is 23.1 Å². The number of nitrogen functional groups attached to an aromatic ring is 1. The number of nitrogens with two attached hydrogens (primary N) is 1. The second-order valence-electron chi connectivity index (χ2n) is 8.78. The molecule has 1 aliphatic carbocycles. The van der Waals surface area contributed by atoms with E-state index in [1.165, 1.54) is 30.5 Å². The highest BCUT2D eigenvalue weighted by Crippen LogP contribution is 2.34. The Labute approximate surface area is 214 Å². The molecule has 0 spiro atoms. The molecule has 0 bridgehead atoms. The van der Waals surface area contributed by atoms with Crippen molar-refractivity contribution in [1.29, 1.82) is 0 Å². The van der Waals surface area contributed by atoms with Crippen molar-refractivity contribution in [3.05, 3.63) is 75.5 Å². The number of hydrogen-bond donors (Lipinski definition) is 5. The third-order valence-electron chi connectivity index (χ3n) is 6.28. The zero-order valence-electron chi connectivity index (χ0n) is 19.0. The van der Waals surface area contributed by atoms with E-state index < -0.39 is 42.4 Å². The molecule has 4 atom stereocenters. The molecule has 11 heteroatoms. The van der Waals surface area contributed by atoms with Gasteiger partial charge in [-0.1, -0.05) is 22.0 Å². The van der Waals surface area contributed by atoms with Gasteiger partial charge in [-0.25, -0.2) is 18.7 Å². The lowest BCUT2D eigenvalue weighted by Crippen LogP contribution is -2.33. The van der Waals surface area contributed by atoms with Gasteiger partial charge >= 0.3 is 0 Å². The van der Waals surface area contributed by atoms with Gasteiger partial charge in [0.2, 0.25) is 0 Å². The number of aliphatic hydroxyl groups excluding tert-OH is 3. The monoisotopic (exact) mass is 562 g/mol.